The molecule has 3 N–H and O–H groups in total. The summed E-state index contributed by atoms with van der Waals surface area (Å²) in [7, 11) is -1.38. The Morgan fingerprint density at radius 1 is 1.58 bits per heavy atom. The van der Waals surface area contributed by atoms with Crippen LogP contribution in [0.25, 0.3) is 0 Å². The largest absolute Gasteiger partial charge is 0.397 e. The molecule has 0 radical (unpaired) electrons. The topological polar surface area (TPSA) is 68.0 Å². The Labute approximate surface area is 131 Å². The van der Waals surface area contributed by atoms with Gasteiger partial charge < -0.3 is 5.73 Å². The number of aromatic nitrogens is 1. The van der Waals surface area contributed by atoms with E-state index < -0.39 is 11.0 Å². The van der Waals surface area contributed by atoms with E-state index in [0.717, 1.165) is 5.56 Å². The molecular formula is C11H11BrClN3OS2. The first-order valence-corrected chi connectivity index (χ1v) is 8.52. The van der Waals surface area contributed by atoms with Crippen LogP contribution in [0.1, 0.15) is 18.5 Å². The Morgan fingerprint density at radius 3 is 2.95 bits per heavy atom. The molecule has 8 heteroatoms. The third-order valence-electron chi connectivity index (χ3n) is 2.45. The minimum absolute atomic E-state index is 0.192. The van der Waals surface area contributed by atoms with Crippen LogP contribution < -0.4 is 10.5 Å². The summed E-state index contributed by atoms with van der Waals surface area (Å²) in [6.45, 7) is 1.88. The molecule has 2 rings (SSSR count). The van der Waals surface area contributed by atoms with Gasteiger partial charge in [-0.15, -0.1) is 11.3 Å². The zero-order valence-corrected chi connectivity index (χ0v) is 13.9. The van der Waals surface area contributed by atoms with Gasteiger partial charge in [-0.2, -0.15) is 0 Å². The molecule has 1 aromatic carbocycles. The monoisotopic (exact) mass is 379 g/mol. The average Bonchev–Trinajstić information content (AvgIpc) is 2.79. The molecule has 1 heterocycles. The van der Waals surface area contributed by atoms with E-state index in [2.05, 4.69) is 25.6 Å². The van der Waals surface area contributed by atoms with Gasteiger partial charge in [0, 0.05) is 11.4 Å². The maximum Gasteiger partial charge on any atom is 0.197 e. The molecule has 19 heavy (non-hydrogen) atoms. The second-order valence-corrected chi connectivity index (χ2v) is 7.28. The molecule has 0 aliphatic rings. The maximum absolute atomic E-state index is 12.1. The van der Waals surface area contributed by atoms with Crippen molar-refractivity contribution in [1.29, 1.82) is 0 Å². The first-order valence-electron chi connectivity index (χ1n) is 5.32. The smallest absolute Gasteiger partial charge is 0.197 e. The Balaban J connectivity index is 2.15. The summed E-state index contributed by atoms with van der Waals surface area (Å²) in [6, 6.07) is 5.20. The van der Waals surface area contributed by atoms with Crippen molar-refractivity contribution in [3.05, 3.63) is 38.8 Å². The van der Waals surface area contributed by atoms with Crippen molar-refractivity contribution in [2.45, 2.75) is 17.3 Å². The summed E-state index contributed by atoms with van der Waals surface area (Å²) in [5, 5.41) is 2.28. The summed E-state index contributed by atoms with van der Waals surface area (Å²) in [4.78, 5) is 4.11. The van der Waals surface area contributed by atoms with Gasteiger partial charge in [-0.3, -0.25) is 0 Å². The minimum Gasteiger partial charge on any atom is -0.397 e. The number of anilines is 1. The Hall–Kier alpha value is -0.470. The van der Waals surface area contributed by atoms with Crippen molar-refractivity contribution in [3.8, 4) is 0 Å². The fourth-order valence-electron chi connectivity index (χ4n) is 1.53. The van der Waals surface area contributed by atoms with Crippen LogP contribution in [0.2, 0.25) is 5.02 Å². The number of hydrogen-bond donors (Lipinski definition) is 2. The number of para-hydroxylation sites is 1. The molecule has 0 aliphatic carbocycles. The molecule has 0 amide bonds. The van der Waals surface area contributed by atoms with Gasteiger partial charge in [-0.1, -0.05) is 23.7 Å². The van der Waals surface area contributed by atoms with E-state index in [0.29, 0.717) is 19.7 Å². The second-order valence-electron chi connectivity index (χ2n) is 3.79. The lowest BCUT2D eigenvalue weighted by molar-refractivity contribution is 0.651. The summed E-state index contributed by atoms with van der Waals surface area (Å²) < 4.78 is 16.2. The average molecular weight is 381 g/mol. The quantitative estimate of drug-likeness (QED) is 0.798. The van der Waals surface area contributed by atoms with Gasteiger partial charge in [0.15, 0.2) is 15.3 Å². The zero-order chi connectivity index (χ0) is 14.0. The highest BCUT2D eigenvalue weighted by atomic mass is 79.9. The van der Waals surface area contributed by atoms with Gasteiger partial charge in [-0.05, 0) is 34.5 Å². The fourth-order valence-corrected chi connectivity index (χ4v) is 4.17. The van der Waals surface area contributed by atoms with Crippen molar-refractivity contribution in [2.75, 3.05) is 5.73 Å². The van der Waals surface area contributed by atoms with Crippen LogP contribution in [0, 0.1) is 0 Å². The zero-order valence-electron chi connectivity index (χ0n) is 9.89. The number of hydrogen-bond acceptors (Lipinski definition) is 4. The summed E-state index contributed by atoms with van der Waals surface area (Å²) in [5.74, 6) is 0. The Kier molecular flexibility index (Phi) is 4.97. The lowest BCUT2D eigenvalue weighted by Crippen LogP contribution is -2.22. The summed E-state index contributed by atoms with van der Waals surface area (Å²) >= 11 is 10.5. The van der Waals surface area contributed by atoms with Crippen molar-refractivity contribution in [3.63, 3.8) is 0 Å². The lowest BCUT2D eigenvalue weighted by Gasteiger charge is -2.15. The minimum atomic E-state index is -1.38. The van der Waals surface area contributed by atoms with Gasteiger partial charge in [0.05, 0.1) is 10.7 Å². The van der Waals surface area contributed by atoms with Gasteiger partial charge in [-0.25, -0.2) is 13.9 Å². The third-order valence-corrected chi connectivity index (χ3v) is 5.84. The van der Waals surface area contributed by atoms with Gasteiger partial charge >= 0.3 is 0 Å². The van der Waals surface area contributed by atoms with Crippen LogP contribution >= 0.6 is 38.9 Å². The van der Waals surface area contributed by atoms with E-state index in [1.807, 2.05) is 19.1 Å². The van der Waals surface area contributed by atoms with E-state index in [4.69, 9.17) is 17.3 Å². The highest BCUT2D eigenvalue weighted by Gasteiger charge is 2.16. The number of nitrogens with two attached hydrogens (primary N) is 1. The van der Waals surface area contributed by atoms with E-state index in [-0.39, 0.29) is 6.04 Å². The molecule has 0 spiro atoms. The van der Waals surface area contributed by atoms with Crippen LogP contribution in [0.4, 0.5) is 5.69 Å². The number of benzene rings is 1. The van der Waals surface area contributed by atoms with E-state index in [1.165, 1.54) is 11.3 Å². The molecule has 0 saturated heterocycles. The highest BCUT2D eigenvalue weighted by Crippen LogP contribution is 2.28. The predicted octanol–water partition coefficient (Wildman–Crippen LogP) is 3.51. The van der Waals surface area contributed by atoms with Crippen LogP contribution in [0.5, 0.6) is 0 Å². The van der Waals surface area contributed by atoms with Gasteiger partial charge in [0.2, 0.25) is 0 Å². The molecule has 0 bridgehead atoms. The molecule has 4 nitrogen and oxygen atoms in total. The second kappa shape index (κ2) is 6.32. The van der Waals surface area contributed by atoms with E-state index >= 15 is 0 Å². The van der Waals surface area contributed by atoms with Crippen LogP contribution in [-0.4, -0.2) is 9.19 Å². The molecule has 2 atom stereocenters. The number of rotatable bonds is 4. The van der Waals surface area contributed by atoms with Gasteiger partial charge in [0.1, 0.15) is 4.60 Å². The van der Waals surface area contributed by atoms with E-state index in [9.17, 15) is 4.21 Å². The fraction of sp³-hybridized carbons (Fsp3) is 0.182. The van der Waals surface area contributed by atoms with Crippen molar-refractivity contribution >= 4 is 55.5 Å². The third kappa shape index (κ3) is 3.55. The summed E-state index contributed by atoms with van der Waals surface area (Å²) in [6.07, 6.45) is 0. The number of thiazole rings is 1. The number of nitrogen functional groups attached to an aromatic ring is 1. The maximum atomic E-state index is 12.1. The lowest BCUT2D eigenvalue weighted by atomic mass is 10.1. The molecule has 0 aliphatic heterocycles. The molecule has 0 saturated carbocycles. The van der Waals surface area contributed by atoms with Crippen molar-refractivity contribution in [2.24, 2.45) is 0 Å². The Morgan fingerprint density at radius 2 is 2.32 bits per heavy atom. The number of nitrogens with zero attached hydrogens (tertiary/aromatic N) is 1. The summed E-state index contributed by atoms with van der Waals surface area (Å²) in [5.41, 5.74) is 7.23. The molecular weight excluding hydrogens is 370 g/mol. The standard InChI is InChI=1S/C11H11BrClN3OS2/c1-6(7-3-2-4-8(13)10(7)14)16-19(17)11-15-9(12)5-18-11/h2-6,16H,14H2,1H3. The molecule has 0 fully saturated rings. The van der Waals surface area contributed by atoms with Crippen molar-refractivity contribution < 1.29 is 4.21 Å². The number of halogens is 2. The molecule has 2 aromatic rings. The molecule has 102 valence electrons. The SMILES string of the molecule is CC(NS(=O)c1nc(Br)cs1)c1cccc(Cl)c1N. The van der Waals surface area contributed by atoms with E-state index in [1.54, 1.807) is 11.4 Å². The van der Waals surface area contributed by atoms with Crippen LogP contribution in [0.15, 0.2) is 32.5 Å². The molecule has 1 aromatic heterocycles. The first kappa shape index (κ1) is 14.9. The first-order chi connectivity index (χ1) is 8.99. The molecule has 2 unspecified atom stereocenters. The van der Waals surface area contributed by atoms with Crippen LogP contribution in [0.3, 0.4) is 0 Å². The van der Waals surface area contributed by atoms with Gasteiger partial charge in [0.25, 0.3) is 0 Å². The van der Waals surface area contributed by atoms with Crippen LogP contribution in [-0.2, 0) is 11.0 Å². The van der Waals surface area contributed by atoms with Crippen molar-refractivity contribution in [1.82, 2.24) is 9.71 Å². The predicted molar refractivity (Wildman–Crippen MR) is 83.6 cm³/mol. The normalized spacial score (nSPS) is 14.3. The Bertz CT molecular complexity index is 620. The number of nitrogens with one attached hydrogen (secondary N) is 1. The highest BCUT2D eigenvalue weighted by molar-refractivity contribution is 9.10.